The Morgan fingerprint density at radius 3 is 2.45 bits per heavy atom. The Hall–Kier alpha value is -3.93. The number of furan rings is 1. The maximum absolute atomic E-state index is 13.0. The second-order valence-electron chi connectivity index (χ2n) is 7.24. The van der Waals surface area contributed by atoms with Gasteiger partial charge in [-0.1, -0.05) is 48.5 Å². The number of ether oxygens (including phenoxy) is 1. The third-order valence-electron chi connectivity index (χ3n) is 5.02. The Labute approximate surface area is 179 Å². The number of amides is 1. The molecule has 2 aromatic carbocycles. The van der Waals surface area contributed by atoms with Gasteiger partial charge in [0.25, 0.3) is 5.91 Å². The van der Waals surface area contributed by atoms with Crippen LogP contribution in [0, 0.1) is 0 Å². The number of esters is 1. The number of carbonyl (C=O) groups excluding carboxylic acids is 2. The Morgan fingerprint density at radius 1 is 0.968 bits per heavy atom. The van der Waals surface area contributed by atoms with Gasteiger partial charge < -0.3 is 14.5 Å². The van der Waals surface area contributed by atoms with Gasteiger partial charge in [-0.05, 0) is 43.7 Å². The lowest BCUT2D eigenvalue weighted by Gasteiger charge is -2.18. The first-order valence-electron chi connectivity index (χ1n) is 10.0. The molecule has 0 radical (unpaired) electrons. The van der Waals surface area contributed by atoms with Gasteiger partial charge in [0.1, 0.15) is 5.69 Å². The smallest absolute Gasteiger partial charge is 0.339 e. The molecule has 31 heavy (non-hydrogen) atoms. The van der Waals surface area contributed by atoms with Crippen LogP contribution in [0.3, 0.4) is 0 Å². The molecular formula is C25H22N2O4. The molecule has 4 aromatic rings. The summed E-state index contributed by atoms with van der Waals surface area (Å²) >= 11 is 0. The van der Waals surface area contributed by atoms with Gasteiger partial charge in [-0.15, -0.1) is 0 Å². The van der Waals surface area contributed by atoms with Crippen LogP contribution in [0.2, 0.25) is 0 Å². The van der Waals surface area contributed by atoms with Crippen molar-refractivity contribution >= 4 is 22.8 Å². The summed E-state index contributed by atoms with van der Waals surface area (Å²) < 4.78 is 10.9. The second kappa shape index (κ2) is 8.83. The fraction of sp³-hybridized carbons (Fsp3) is 0.160. The van der Waals surface area contributed by atoms with Crippen LogP contribution in [-0.2, 0) is 9.53 Å². The average molecular weight is 414 g/mol. The molecule has 6 heteroatoms. The fourth-order valence-electron chi connectivity index (χ4n) is 3.33. The van der Waals surface area contributed by atoms with Crippen molar-refractivity contribution in [3.8, 4) is 11.5 Å². The van der Waals surface area contributed by atoms with Crippen LogP contribution in [-0.4, -0.2) is 23.0 Å². The lowest BCUT2D eigenvalue weighted by Crippen LogP contribution is -2.37. The Bertz CT molecular complexity index is 1200. The third-order valence-corrected chi connectivity index (χ3v) is 5.02. The number of carbonyl (C=O) groups is 2. The third kappa shape index (κ3) is 4.48. The molecule has 0 aliphatic rings. The summed E-state index contributed by atoms with van der Waals surface area (Å²) in [4.78, 5) is 30.2. The molecule has 0 bridgehead atoms. The van der Waals surface area contributed by atoms with E-state index in [0.29, 0.717) is 27.9 Å². The number of aromatic nitrogens is 1. The zero-order chi connectivity index (χ0) is 21.8. The maximum atomic E-state index is 13.0. The molecule has 0 saturated carbocycles. The number of benzene rings is 2. The molecule has 1 N–H and O–H groups in total. The first kappa shape index (κ1) is 20.3. The average Bonchev–Trinajstić information content (AvgIpc) is 3.33. The molecule has 156 valence electrons. The van der Waals surface area contributed by atoms with Crippen LogP contribution >= 0.6 is 0 Å². The predicted octanol–water partition coefficient (Wildman–Crippen LogP) is 4.92. The van der Waals surface area contributed by atoms with E-state index in [1.54, 1.807) is 37.5 Å². The van der Waals surface area contributed by atoms with Gasteiger partial charge in [0.05, 0.1) is 23.4 Å². The number of nitrogens with zero attached hydrogens (tertiary/aromatic N) is 1. The minimum absolute atomic E-state index is 0.206. The first-order valence-corrected chi connectivity index (χ1v) is 10.0. The van der Waals surface area contributed by atoms with E-state index >= 15 is 0 Å². The van der Waals surface area contributed by atoms with Gasteiger partial charge in [-0.2, -0.15) is 0 Å². The zero-order valence-electron chi connectivity index (χ0n) is 17.2. The van der Waals surface area contributed by atoms with E-state index in [0.717, 1.165) is 5.56 Å². The van der Waals surface area contributed by atoms with Gasteiger partial charge >= 0.3 is 5.97 Å². The van der Waals surface area contributed by atoms with Gasteiger partial charge in [-0.25, -0.2) is 9.78 Å². The summed E-state index contributed by atoms with van der Waals surface area (Å²) in [5.41, 5.74) is 2.45. The van der Waals surface area contributed by atoms with E-state index in [9.17, 15) is 9.59 Å². The number of fused-ring (bicyclic) bond motifs is 1. The molecule has 0 saturated heterocycles. The SMILES string of the molecule is C[C@H](NC(=O)[C@@H](C)OC(=O)c1cc(-c2ccco2)nc2ccccc12)c1ccccc1. The van der Waals surface area contributed by atoms with Gasteiger partial charge in [0, 0.05) is 5.39 Å². The molecule has 1 amide bonds. The van der Waals surface area contributed by atoms with E-state index in [-0.39, 0.29) is 11.9 Å². The largest absolute Gasteiger partial charge is 0.463 e. The highest BCUT2D eigenvalue weighted by molar-refractivity contribution is 6.05. The highest BCUT2D eigenvalue weighted by Crippen LogP contribution is 2.26. The zero-order valence-corrected chi connectivity index (χ0v) is 17.2. The highest BCUT2D eigenvalue weighted by Gasteiger charge is 2.23. The van der Waals surface area contributed by atoms with Crippen LogP contribution < -0.4 is 5.32 Å². The van der Waals surface area contributed by atoms with Crippen LogP contribution in [0.4, 0.5) is 0 Å². The monoisotopic (exact) mass is 414 g/mol. The van der Waals surface area contributed by atoms with E-state index in [4.69, 9.17) is 9.15 Å². The normalized spacial score (nSPS) is 12.8. The number of nitrogens with one attached hydrogen (secondary N) is 1. The van der Waals surface area contributed by atoms with Crippen molar-refractivity contribution in [2.45, 2.75) is 26.0 Å². The number of pyridine rings is 1. The topological polar surface area (TPSA) is 81.4 Å². The summed E-state index contributed by atoms with van der Waals surface area (Å²) in [5.74, 6) is -0.418. The fourth-order valence-corrected chi connectivity index (χ4v) is 3.33. The van der Waals surface area contributed by atoms with E-state index < -0.39 is 12.1 Å². The highest BCUT2D eigenvalue weighted by atomic mass is 16.5. The Morgan fingerprint density at radius 2 is 1.71 bits per heavy atom. The van der Waals surface area contributed by atoms with Crippen LogP contribution in [0.5, 0.6) is 0 Å². The summed E-state index contributed by atoms with van der Waals surface area (Å²) in [5, 5.41) is 3.53. The van der Waals surface area contributed by atoms with Crippen molar-refractivity contribution in [3.05, 3.63) is 90.2 Å². The molecule has 0 aliphatic heterocycles. The minimum atomic E-state index is -0.961. The molecule has 2 atom stereocenters. The maximum Gasteiger partial charge on any atom is 0.339 e. The lowest BCUT2D eigenvalue weighted by molar-refractivity contribution is -0.129. The first-order chi connectivity index (χ1) is 15.0. The van der Waals surface area contributed by atoms with E-state index in [1.807, 2.05) is 55.5 Å². The molecule has 0 spiro atoms. The number of hydrogen-bond donors (Lipinski definition) is 1. The summed E-state index contributed by atoms with van der Waals surface area (Å²) in [6.07, 6.45) is 0.586. The number of para-hydroxylation sites is 1. The van der Waals surface area contributed by atoms with Crippen LogP contribution in [0.25, 0.3) is 22.4 Å². The van der Waals surface area contributed by atoms with Crippen molar-refractivity contribution < 1.29 is 18.7 Å². The summed E-state index contributed by atoms with van der Waals surface area (Å²) in [7, 11) is 0. The van der Waals surface area contributed by atoms with Crippen molar-refractivity contribution in [3.63, 3.8) is 0 Å². The standard InChI is InChI=1S/C25H22N2O4/c1-16(18-9-4-3-5-10-18)26-24(28)17(2)31-25(29)20-15-22(23-13-8-14-30-23)27-21-12-7-6-11-19(20)21/h3-17H,1-2H3,(H,26,28)/t16-,17+/m0/s1. The second-order valence-corrected chi connectivity index (χ2v) is 7.24. The minimum Gasteiger partial charge on any atom is -0.463 e. The molecule has 2 heterocycles. The van der Waals surface area contributed by atoms with Crippen molar-refractivity contribution in [1.29, 1.82) is 0 Å². The summed E-state index contributed by atoms with van der Waals surface area (Å²) in [6, 6.07) is 21.8. The van der Waals surface area contributed by atoms with Crippen molar-refractivity contribution in [2.24, 2.45) is 0 Å². The van der Waals surface area contributed by atoms with Crippen LogP contribution in [0.15, 0.2) is 83.5 Å². The van der Waals surface area contributed by atoms with Crippen LogP contribution in [0.1, 0.15) is 35.8 Å². The lowest BCUT2D eigenvalue weighted by atomic mass is 10.1. The van der Waals surface area contributed by atoms with Gasteiger partial charge in [0.15, 0.2) is 11.9 Å². The Balaban J connectivity index is 1.54. The molecule has 2 aromatic heterocycles. The molecular weight excluding hydrogens is 392 g/mol. The molecule has 6 nitrogen and oxygen atoms in total. The molecule has 4 rings (SSSR count). The molecule has 0 aliphatic carbocycles. The number of hydrogen-bond acceptors (Lipinski definition) is 5. The predicted molar refractivity (Wildman–Crippen MR) is 117 cm³/mol. The quantitative estimate of drug-likeness (QED) is 0.453. The van der Waals surface area contributed by atoms with E-state index in [1.165, 1.54) is 0 Å². The molecule has 0 fully saturated rings. The van der Waals surface area contributed by atoms with Gasteiger partial charge in [-0.3, -0.25) is 4.79 Å². The molecule has 0 unspecified atom stereocenters. The summed E-state index contributed by atoms with van der Waals surface area (Å²) in [6.45, 7) is 3.44. The van der Waals surface area contributed by atoms with Crippen molar-refractivity contribution in [1.82, 2.24) is 10.3 Å². The van der Waals surface area contributed by atoms with E-state index in [2.05, 4.69) is 10.3 Å². The van der Waals surface area contributed by atoms with Gasteiger partial charge in [0.2, 0.25) is 0 Å². The van der Waals surface area contributed by atoms with Crippen molar-refractivity contribution in [2.75, 3.05) is 0 Å². The number of rotatable bonds is 6. The Kier molecular flexibility index (Phi) is 5.80.